The summed E-state index contributed by atoms with van der Waals surface area (Å²) in [7, 11) is 3.86. The Balaban J connectivity index is 1.72. The lowest BCUT2D eigenvalue weighted by molar-refractivity contribution is 0.417. The lowest BCUT2D eigenvalue weighted by Gasteiger charge is -2.25. The summed E-state index contributed by atoms with van der Waals surface area (Å²) in [5.74, 6) is 1.72. The normalized spacial score (nSPS) is 16.6. The molecular formula is C22H22N4O. The molecule has 0 amide bonds. The molecule has 2 aromatic carbocycles. The van der Waals surface area contributed by atoms with Gasteiger partial charge >= 0.3 is 0 Å². The van der Waals surface area contributed by atoms with Crippen molar-refractivity contribution in [3.63, 3.8) is 0 Å². The number of aromatic nitrogens is 3. The van der Waals surface area contributed by atoms with Crippen LogP contribution in [0.5, 0.6) is 5.75 Å². The third kappa shape index (κ3) is 2.38. The highest BCUT2D eigenvalue weighted by Crippen LogP contribution is 2.42. The summed E-state index contributed by atoms with van der Waals surface area (Å²) in [5, 5.41) is 2.58. The van der Waals surface area contributed by atoms with Gasteiger partial charge in [-0.1, -0.05) is 24.3 Å². The molecule has 136 valence electrons. The smallest absolute Gasteiger partial charge is 0.220 e. The molecule has 2 N–H and O–H groups in total. The Morgan fingerprint density at radius 1 is 1.19 bits per heavy atom. The van der Waals surface area contributed by atoms with E-state index in [1.807, 2.05) is 6.20 Å². The zero-order chi connectivity index (χ0) is 18.5. The van der Waals surface area contributed by atoms with Crippen molar-refractivity contribution in [2.45, 2.75) is 25.2 Å². The Hall–Kier alpha value is -3.08. The van der Waals surface area contributed by atoms with Crippen molar-refractivity contribution in [2.24, 2.45) is 7.05 Å². The average Bonchev–Trinajstić information content (AvgIpc) is 3.01. The molecule has 0 fully saturated rings. The quantitative estimate of drug-likeness (QED) is 0.588. The van der Waals surface area contributed by atoms with Crippen LogP contribution in [0.1, 0.15) is 29.2 Å². The second kappa shape index (κ2) is 5.98. The first kappa shape index (κ1) is 16.1. The number of hydrogen-bond acceptors (Lipinski definition) is 4. The topological polar surface area (TPSA) is 66.0 Å². The molecule has 5 nitrogen and oxygen atoms in total. The van der Waals surface area contributed by atoms with Gasteiger partial charge in [0, 0.05) is 35.2 Å². The molecule has 2 heterocycles. The van der Waals surface area contributed by atoms with Crippen LogP contribution in [0, 0.1) is 0 Å². The van der Waals surface area contributed by atoms with Crippen LogP contribution in [-0.4, -0.2) is 21.6 Å². The number of anilines is 1. The Bertz CT molecular complexity index is 1180. The number of rotatable bonds is 2. The van der Waals surface area contributed by atoms with Crippen LogP contribution in [0.2, 0.25) is 0 Å². The maximum Gasteiger partial charge on any atom is 0.220 e. The number of hydrogen-bond donors (Lipinski definition) is 1. The summed E-state index contributed by atoms with van der Waals surface area (Å²) in [6, 6.07) is 12.9. The first-order valence-electron chi connectivity index (χ1n) is 9.31. The van der Waals surface area contributed by atoms with Crippen molar-refractivity contribution in [1.29, 1.82) is 0 Å². The fourth-order valence-electron chi connectivity index (χ4n) is 4.60. The molecule has 1 atom stereocenters. The number of nitrogens with two attached hydrogens (primary N) is 1. The van der Waals surface area contributed by atoms with E-state index in [9.17, 15) is 0 Å². The minimum atomic E-state index is 0.369. The Morgan fingerprint density at radius 2 is 2.04 bits per heavy atom. The van der Waals surface area contributed by atoms with E-state index in [2.05, 4.69) is 58.0 Å². The molecule has 1 unspecified atom stereocenters. The highest BCUT2D eigenvalue weighted by atomic mass is 16.5. The van der Waals surface area contributed by atoms with Gasteiger partial charge in [-0.05, 0) is 48.4 Å². The molecule has 0 bridgehead atoms. The maximum absolute atomic E-state index is 5.76. The molecule has 4 aromatic rings. The van der Waals surface area contributed by atoms with Gasteiger partial charge in [-0.2, -0.15) is 0 Å². The van der Waals surface area contributed by atoms with Gasteiger partial charge in [-0.25, -0.2) is 9.97 Å². The lowest BCUT2D eigenvalue weighted by Crippen LogP contribution is -2.16. The van der Waals surface area contributed by atoms with Gasteiger partial charge in [0.25, 0.3) is 0 Å². The number of aryl methyl sites for hydroxylation is 2. The van der Waals surface area contributed by atoms with E-state index in [1.165, 1.54) is 27.4 Å². The molecule has 0 spiro atoms. The fraction of sp³-hybridized carbons (Fsp3) is 0.273. The maximum atomic E-state index is 5.76. The molecule has 0 aliphatic heterocycles. The third-order valence-corrected chi connectivity index (χ3v) is 5.87. The van der Waals surface area contributed by atoms with E-state index < -0.39 is 0 Å². The van der Waals surface area contributed by atoms with Gasteiger partial charge in [0.1, 0.15) is 5.75 Å². The Labute approximate surface area is 157 Å². The van der Waals surface area contributed by atoms with Gasteiger partial charge in [0.15, 0.2) is 0 Å². The van der Waals surface area contributed by atoms with Crippen LogP contribution in [0.15, 0.2) is 42.6 Å². The van der Waals surface area contributed by atoms with E-state index in [-0.39, 0.29) is 0 Å². The highest BCUT2D eigenvalue weighted by molar-refractivity contribution is 6.11. The van der Waals surface area contributed by atoms with Gasteiger partial charge in [0.05, 0.1) is 12.6 Å². The van der Waals surface area contributed by atoms with Crippen molar-refractivity contribution in [3.05, 3.63) is 59.4 Å². The first-order chi connectivity index (χ1) is 13.2. The molecule has 1 aliphatic carbocycles. The van der Waals surface area contributed by atoms with Crippen molar-refractivity contribution in [3.8, 4) is 5.75 Å². The Morgan fingerprint density at radius 3 is 2.89 bits per heavy atom. The van der Waals surface area contributed by atoms with E-state index in [0.717, 1.165) is 36.2 Å². The zero-order valence-electron chi connectivity index (χ0n) is 15.6. The van der Waals surface area contributed by atoms with E-state index in [1.54, 1.807) is 7.11 Å². The average molecular weight is 358 g/mol. The van der Waals surface area contributed by atoms with Crippen LogP contribution in [0.25, 0.3) is 21.8 Å². The lowest BCUT2D eigenvalue weighted by atomic mass is 9.81. The van der Waals surface area contributed by atoms with Crippen LogP contribution in [0.4, 0.5) is 5.95 Å². The van der Waals surface area contributed by atoms with Crippen LogP contribution < -0.4 is 10.5 Å². The number of nitrogen functional groups attached to an aromatic ring is 1. The minimum absolute atomic E-state index is 0.369. The van der Waals surface area contributed by atoms with Crippen molar-refractivity contribution in [2.75, 3.05) is 12.8 Å². The molecule has 27 heavy (non-hydrogen) atoms. The molecule has 5 heteroatoms. The predicted molar refractivity (Wildman–Crippen MR) is 108 cm³/mol. The van der Waals surface area contributed by atoms with Gasteiger partial charge < -0.3 is 15.0 Å². The number of methoxy groups -OCH3 is 1. The number of fused-ring (bicyclic) bond motifs is 4. The molecule has 0 saturated carbocycles. The predicted octanol–water partition coefficient (Wildman–Crippen LogP) is 3.98. The van der Waals surface area contributed by atoms with Crippen LogP contribution >= 0.6 is 0 Å². The summed E-state index contributed by atoms with van der Waals surface area (Å²) in [6.07, 6.45) is 4.84. The first-order valence-corrected chi connectivity index (χ1v) is 9.31. The van der Waals surface area contributed by atoms with Gasteiger partial charge in [0.2, 0.25) is 5.95 Å². The molecular weight excluding hydrogens is 336 g/mol. The molecule has 2 aromatic heterocycles. The molecule has 0 radical (unpaired) electrons. The minimum Gasteiger partial charge on any atom is -0.495 e. The van der Waals surface area contributed by atoms with Gasteiger partial charge in [-0.3, -0.25) is 0 Å². The van der Waals surface area contributed by atoms with Crippen LogP contribution in [0.3, 0.4) is 0 Å². The van der Waals surface area contributed by atoms with E-state index >= 15 is 0 Å². The van der Waals surface area contributed by atoms with E-state index in [0.29, 0.717) is 11.9 Å². The number of ether oxygens (including phenoxy) is 1. The third-order valence-electron chi connectivity index (χ3n) is 5.87. The Kier molecular flexibility index (Phi) is 3.57. The molecule has 0 saturated heterocycles. The number of para-hydroxylation sites is 1. The van der Waals surface area contributed by atoms with Crippen LogP contribution in [-0.2, 0) is 19.9 Å². The standard InChI is InChI=1S/C22H22N4O/c1-26-18-6-4-3-5-16(18)20-15(8-10-19(27-2)21(20)26)13-7-9-17-14(11-13)12-24-22(23)25-17/h3-6,8,10,12-13H,7,9,11H2,1-2H3,(H2,23,24,25). The van der Waals surface area contributed by atoms with Crippen molar-refractivity contribution >= 4 is 27.8 Å². The summed E-state index contributed by atoms with van der Waals surface area (Å²) < 4.78 is 7.94. The second-order valence-corrected chi connectivity index (χ2v) is 7.30. The summed E-state index contributed by atoms with van der Waals surface area (Å²) in [4.78, 5) is 8.64. The van der Waals surface area contributed by atoms with E-state index in [4.69, 9.17) is 10.5 Å². The molecule has 1 aliphatic rings. The summed E-state index contributed by atoms with van der Waals surface area (Å²) >= 11 is 0. The number of benzene rings is 2. The largest absolute Gasteiger partial charge is 0.495 e. The second-order valence-electron chi connectivity index (χ2n) is 7.30. The van der Waals surface area contributed by atoms with Gasteiger partial charge in [-0.15, -0.1) is 0 Å². The molecule has 5 rings (SSSR count). The fourth-order valence-corrected chi connectivity index (χ4v) is 4.60. The number of nitrogens with zero attached hydrogens (tertiary/aromatic N) is 3. The van der Waals surface area contributed by atoms with Crippen molar-refractivity contribution in [1.82, 2.24) is 14.5 Å². The summed E-state index contributed by atoms with van der Waals surface area (Å²) in [6.45, 7) is 0. The SMILES string of the molecule is COc1ccc(C2CCc3nc(N)ncc3C2)c2c3ccccc3n(C)c12. The zero-order valence-corrected chi connectivity index (χ0v) is 15.6. The summed E-state index contributed by atoms with van der Waals surface area (Å²) in [5.41, 5.74) is 11.8. The van der Waals surface area contributed by atoms with Crippen molar-refractivity contribution < 1.29 is 4.74 Å². The highest BCUT2D eigenvalue weighted by Gasteiger charge is 2.26. The monoisotopic (exact) mass is 358 g/mol.